The molecule has 2 aliphatic heterocycles. The molecule has 0 aliphatic carbocycles. The third-order valence-electron chi connectivity index (χ3n) is 5.64. The van der Waals surface area contributed by atoms with Crippen molar-refractivity contribution in [1.82, 2.24) is 9.80 Å². The Morgan fingerprint density at radius 3 is 1.39 bits per heavy atom. The third-order valence-corrected chi connectivity index (χ3v) is 5.64. The van der Waals surface area contributed by atoms with E-state index in [1.54, 1.807) is 60.7 Å². The average Bonchev–Trinajstić information content (AvgIpc) is 3.28. The Balaban J connectivity index is 1.27. The van der Waals surface area contributed by atoms with Gasteiger partial charge in [-0.25, -0.2) is 9.59 Å². The molecule has 0 spiro atoms. The van der Waals surface area contributed by atoms with Crippen molar-refractivity contribution in [2.24, 2.45) is 0 Å². The molecule has 10 nitrogen and oxygen atoms in total. The summed E-state index contributed by atoms with van der Waals surface area (Å²) in [5, 5.41) is 0. The number of imide groups is 2. The van der Waals surface area contributed by atoms with E-state index in [0.717, 1.165) is 33.1 Å². The second kappa shape index (κ2) is 10.8. The Morgan fingerprint density at radius 1 is 0.667 bits per heavy atom. The molecule has 0 radical (unpaired) electrons. The van der Waals surface area contributed by atoms with Crippen LogP contribution in [0.2, 0.25) is 0 Å². The molecule has 0 saturated carbocycles. The number of hydrogen-bond acceptors (Lipinski definition) is 8. The molecular weight excluding hydrogens is 468 g/mol. The number of nitrogens with zero attached hydrogens (tertiary/aromatic N) is 2. The molecule has 2 saturated heterocycles. The number of hydrogen-bond donors (Lipinski definition) is 0. The molecule has 2 aliphatic rings. The zero-order valence-corrected chi connectivity index (χ0v) is 19.1. The molecule has 184 valence electrons. The Hall–Kier alpha value is -4.60. The van der Waals surface area contributed by atoms with Gasteiger partial charge in [0, 0.05) is 12.2 Å². The third kappa shape index (κ3) is 5.72. The van der Waals surface area contributed by atoms with Gasteiger partial charge in [-0.1, -0.05) is 60.7 Å². The first-order valence-electron chi connectivity index (χ1n) is 11.2. The summed E-state index contributed by atoms with van der Waals surface area (Å²) in [7, 11) is 0. The summed E-state index contributed by atoms with van der Waals surface area (Å²) < 4.78 is 10.1. The minimum absolute atomic E-state index is 0.0597. The van der Waals surface area contributed by atoms with Crippen LogP contribution in [0.4, 0.5) is 0 Å². The smallest absolute Gasteiger partial charge is 0.331 e. The second-order valence-corrected chi connectivity index (χ2v) is 8.20. The van der Waals surface area contributed by atoms with Crippen LogP contribution in [0.25, 0.3) is 0 Å². The highest BCUT2D eigenvalue weighted by atomic mass is 16.6. The summed E-state index contributed by atoms with van der Waals surface area (Å²) >= 11 is 0. The molecule has 2 aromatic rings. The van der Waals surface area contributed by atoms with Crippen LogP contribution in [0.5, 0.6) is 0 Å². The number of carbonyl (C=O) groups excluding carboxylic acids is 6. The maximum Gasteiger partial charge on any atom is 0.331 e. The largest absolute Gasteiger partial charge is 0.449 e. The fourth-order valence-electron chi connectivity index (χ4n) is 3.85. The van der Waals surface area contributed by atoms with Gasteiger partial charge in [0.2, 0.25) is 11.8 Å². The summed E-state index contributed by atoms with van der Waals surface area (Å²) in [5.74, 6) is -4.31. The molecule has 2 atom stereocenters. The minimum atomic E-state index is -1.30. The van der Waals surface area contributed by atoms with E-state index >= 15 is 0 Å². The average molecular weight is 490 g/mol. The van der Waals surface area contributed by atoms with E-state index < -0.39 is 47.8 Å². The zero-order valence-electron chi connectivity index (χ0n) is 19.1. The van der Waals surface area contributed by atoms with Crippen LogP contribution in [-0.2, 0) is 51.3 Å². The van der Waals surface area contributed by atoms with Gasteiger partial charge in [0.1, 0.15) is 0 Å². The van der Waals surface area contributed by atoms with E-state index in [1.807, 2.05) is 0 Å². The zero-order chi connectivity index (χ0) is 25.7. The topological polar surface area (TPSA) is 127 Å². The highest BCUT2D eigenvalue weighted by Gasteiger charge is 2.42. The number of rotatable bonds is 8. The van der Waals surface area contributed by atoms with Gasteiger partial charge in [-0.2, -0.15) is 0 Å². The van der Waals surface area contributed by atoms with Gasteiger partial charge in [0.05, 0.1) is 25.9 Å². The lowest BCUT2D eigenvalue weighted by atomic mass is 10.2. The van der Waals surface area contributed by atoms with Gasteiger partial charge in [0.25, 0.3) is 11.8 Å². The van der Waals surface area contributed by atoms with Gasteiger partial charge in [-0.05, 0) is 11.1 Å². The maximum atomic E-state index is 12.5. The van der Waals surface area contributed by atoms with Crippen LogP contribution in [0.1, 0.15) is 24.0 Å². The Kier molecular flexibility index (Phi) is 7.33. The summed E-state index contributed by atoms with van der Waals surface area (Å²) in [5.41, 5.74) is 1.49. The van der Waals surface area contributed by atoms with Gasteiger partial charge in [-0.15, -0.1) is 0 Å². The minimum Gasteiger partial charge on any atom is -0.449 e. The van der Waals surface area contributed by atoms with E-state index in [2.05, 4.69) is 0 Å². The van der Waals surface area contributed by atoms with Crippen LogP contribution in [0.3, 0.4) is 0 Å². The highest BCUT2D eigenvalue weighted by Crippen LogP contribution is 2.21. The lowest BCUT2D eigenvalue weighted by Gasteiger charge is -2.15. The lowest BCUT2D eigenvalue weighted by molar-refractivity contribution is -0.153. The lowest BCUT2D eigenvalue weighted by Crippen LogP contribution is -2.33. The van der Waals surface area contributed by atoms with Gasteiger partial charge < -0.3 is 9.47 Å². The van der Waals surface area contributed by atoms with Crippen molar-refractivity contribution in [3.05, 3.63) is 83.9 Å². The van der Waals surface area contributed by atoms with Gasteiger partial charge >= 0.3 is 11.9 Å². The fraction of sp³-hybridized carbons (Fsp3) is 0.231. The molecule has 2 aromatic carbocycles. The van der Waals surface area contributed by atoms with Crippen LogP contribution in [0.15, 0.2) is 72.8 Å². The quantitative estimate of drug-likeness (QED) is 0.308. The van der Waals surface area contributed by atoms with E-state index in [-0.39, 0.29) is 25.9 Å². The summed E-state index contributed by atoms with van der Waals surface area (Å²) in [6, 6.07) is 17.8. The van der Waals surface area contributed by atoms with Gasteiger partial charge in [-0.3, -0.25) is 29.0 Å². The van der Waals surface area contributed by atoms with Crippen LogP contribution in [0, 0.1) is 0 Å². The van der Waals surface area contributed by atoms with E-state index in [9.17, 15) is 28.8 Å². The normalized spacial score (nSPS) is 19.9. The SMILES string of the molecule is O=C(/C=C/C(=O)OC1CC(=O)N(Cc2ccccc2)C1=O)OC1CC(=O)N(Cc2ccccc2)C1=O. The van der Waals surface area contributed by atoms with E-state index in [0.29, 0.717) is 0 Å². The van der Waals surface area contributed by atoms with Crippen molar-refractivity contribution in [1.29, 1.82) is 0 Å². The van der Waals surface area contributed by atoms with Crippen LogP contribution in [-0.4, -0.2) is 57.6 Å². The number of benzene rings is 2. The molecule has 10 heteroatoms. The summed E-state index contributed by atoms with van der Waals surface area (Å²) in [6.45, 7) is 0.119. The molecule has 0 aromatic heterocycles. The molecule has 2 heterocycles. The van der Waals surface area contributed by atoms with E-state index in [4.69, 9.17) is 9.47 Å². The molecule has 4 rings (SSSR count). The predicted octanol–water partition coefficient (Wildman–Crippen LogP) is 1.28. The van der Waals surface area contributed by atoms with E-state index in [1.165, 1.54) is 0 Å². The first-order chi connectivity index (χ1) is 17.3. The van der Waals surface area contributed by atoms with Crippen molar-refractivity contribution in [2.75, 3.05) is 0 Å². The molecular formula is C26H22N2O8. The van der Waals surface area contributed by atoms with Crippen molar-refractivity contribution in [3.63, 3.8) is 0 Å². The second-order valence-electron chi connectivity index (χ2n) is 8.20. The monoisotopic (exact) mass is 490 g/mol. The Labute approximate surface area is 206 Å². The van der Waals surface area contributed by atoms with Crippen LogP contribution >= 0.6 is 0 Å². The number of likely N-dealkylation sites (tertiary alicyclic amines) is 2. The van der Waals surface area contributed by atoms with Crippen molar-refractivity contribution in [3.8, 4) is 0 Å². The number of ether oxygens (including phenoxy) is 2. The molecule has 36 heavy (non-hydrogen) atoms. The van der Waals surface area contributed by atoms with Crippen molar-refractivity contribution >= 4 is 35.6 Å². The van der Waals surface area contributed by atoms with Crippen molar-refractivity contribution < 1.29 is 38.2 Å². The standard InChI is InChI=1S/C26H22N2O8/c29-21-13-19(25(33)27(21)15-17-7-3-1-4-8-17)35-23(31)11-12-24(32)36-20-14-22(30)28(26(20)34)16-18-9-5-2-6-10-18/h1-12,19-20H,13-16H2/b12-11+. The molecule has 0 N–H and O–H groups in total. The molecule has 0 bridgehead atoms. The first kappa shape index (κ1) is 24.5. The molecule has 2 unspecified atom stereocenters. The first-order valence-corrected chi connectivity index (χ1v) is 11.2. The number of carbonyl (C=O) groups is 6. The maximum absolute atomic E-state index is 12.5. The van der Waals surface area contributed by atoms with Crippen LogP contribution < -0.4 is 0 Å². The highest BCUT2D eigenvalue weighted by molar-refractivity contribution is 6.07. The Morgan fingerprint density at radius 2 is 1.03 bits per heavy atom. The number of esters is 2. The Bertz CT molecular complexity index is 1130. The predicted molar refractivity (Wildman–Crippen MR) is 122 cm³/mol. The summed E-state index contributed by atoms with van der Waals surface area (Å²) in [6.07, 6.45) is -1.71. The molecule has 2 fully saturated rings. The fourth-order valence-corrected chi connectivity index (χ4v) is 3.85. The van der Waals surface area contributed by atoms with Crippen molar-refractivity contribution in [2.45, 2.75) is 38.1 Å². The number of amides is 4. The van der Waals surface area contributed by atoms with Gasteiger partial charge in [0.15, 0.2) is 12.2 Å². The molecule has 4 amide bonds. The summed E-state index contributed by atoms with van der Waals surface area (Å²) in [4.78, 5) is 75.6.